The normalized spacial score (nSPS) is 11.4. The average molecular weight is 576 g/mol. The highest BCUT2D eigenvalue weighted by molar-refractivity contribution is 5.87. The quantitative estimate of drug-likeness (QED) is 0.179. The van der Waals surface area contributed by atoms with Crippen LogP contribution in [0.4, 0.5) is 0 Å². The van der Waals surface area contributed by atoms with E-state index in [1.165, 1.54) is 4.68 Å². The predicted molar refractivity (Wildman–Crippen MR) is 169 cm³/mol. The molecule has 5 rings (SSSR count). The van der Waals surface area contributed by atoms with Gasteiger partial charge in [-0.3, -0.25) is 4.79 Å². The molecule has 43 heavy (non-hydrogen) atoms. The minimum absolute atomic E-state index is 0.197. The number of rotatable bonds is 10. The first-order valence-electron chi connectivity index (χ1n) is 14.1. The number of benzene rings is 4. The number of para-hydroxylation sites is 1. The summed E-state index contributed by atoms with van der Waals surface area (Å²) in [5.41, 5.74) is 4.88. The summed E-state index contributed by atoms with van der Waals surface area (Å²) in [6.45, 7) is 8.98. The molecule has 8 heteroatoms. The second kappa shape index (κ2) is 12.7. The number of hydrogen-bond donors (Lipinski definition) is 1. The van der Waals surface area contributed by atoms with E-state index in [9.17, 15) is 9.59 Å². The number of aryl methyl sites for hydroxylation is 1. The van der Waals surface area contributed by atoms with Gasteiger partial charge in [0.25, 0.3) is 5.56 Å². The first kappa shape index (κ1) is 29.3. The summed E-state index contributed by atoms with van der Waals surface area (Å²) in [4.78, 5) is 29.8. The topological polar surface area (TPSA) is 103 Å². The van der Waals surface area contributed by atoms with Crippen LogP contribution in [0.5, 0.6) is 11.5 Å². The van der Waals surface area contributed by atoms with Gasteiger partial charge in [-0.2, -0.15) is 9.78 Å². The summed E-state index contributed by atoms with van der Waals surface area (Å²) in [5, 5.41) is 14.2. The molecule has 0 aliphatic rings. The van der Waals surface area contributed by atoms with Gasteiger partial charge < -0.3 is 14.6 Å². The van der Waals surface area contributed by atoms with Crippen LogP contribution in [0.2, 0.25) is 0 Å². The van der Waals surface area contributed by atoms with Crippen molar-refractivity contribution in [2.75, 3.05) is 6.61 Å². The van der Waals surface area contributed by atoms with Crippen molar-refractivity contribution in [1.82, 2.24) is 9.66 Å². The monoisotopic (exact) mass is 575 g/mol. The zero-order valence-electron chi connectivity index (χ0n) is 24.6. The highest BCUT2D eigenvalue weighted by Gasteiger charge is 2.18. The van der Waals surface area contributed by atoms with Crippen LogP contribution in [-0.4, -0.2) is 33.6 Å². The van der Waals surface area contributed by atoms with Crippen molar-refractivity contribution in [2.24, 2.45) is 5.10 Å². The lowest BCUT2D eigenvalue weighted by Gasteiger charge is -2.18. The predicted octanol–water partition coefficient (Wildman–Crippen LogP) is 7.05. The molecule has 1 heterocycles. The standard InChI is InChI=1S/C35H33N3O5/c1-5-42-32-17-23(4)30(19-29(32)22(2)3)33-37-31-12-7-6-11-28(31)34(39)38(33)36-20-25-9-8-10-27(18-25)43-21-24-13-15-26(16-14-24)35(40)41/h6-20,22H,5,21H2,1-4H3,(H,40,41). The van der Waals surface area contributed by atoms with Gasteiger partial charge in [-0.15, -0.1) is 0 Å². The number of aromatic nitrogens is 2. The highest BCUT2D eigenvalue weighted by atomic mass is 16.5. The Morgan fingerprint density at radius 3 is 2.49 bits per heavy atom. The Hall–Kier alpha value is -5.24. The van der Waals surface area contributed by atoms with Gasteiger partial charge >= 0.3 is 5.97 Å². The number of fused-ring (bicyclic) bond motifs is 1. The van der Waals surface area contributed by atoms with E-state index in [1.54, 1.807) is 36.5 Å². The maximum absolute atomic E-state index is 13.8. The summed E-state index contributed by atoms with van der Waals surface area (Å²) in [7, 11) is 0. The first-order valence-corrected chi connectivity index (χ1v) is 14.1. The van der Waals surface area contributed by atoms with Gasteiger partial charge in [0.2, 0.25) is 0 Å². The molecular formula is C35H33N3O5. The number of aromatic carboxylic acids is 1. The van der Waals surface area contributed by atoms with Gasteiger partial charge in [0, 0.05) is 5.56 Å². The van der Waals surface area contributed by atoms with E-state index in [0.29, 0.717) is 29.1 Å². The Morgan fingerprint density at radius 2 is 1.77 bits per heavy atom. The molecule has 1 aromatic heterocycles. The molecule has 0 aliphatic carbocycles. The van der Waals surface area contributed by atoms with Crippen LogP contribution in [0.15, 0.2) is 94.8 Å². The third-order valence-electron chi connectivity index (χ3n) is 7.06. The number of ether oxygens (including phenoxy) is 2. The minimum atomic E-state index is -0.971. The SMILES string of the molecule is CCOc1cc(C)c(-c2nc3ccccc3c(=O)n2N=Cc2cccc(OCc3ccc(C(=O)O)cc3)c2)cc1C(C)C. The number of carboxylic acid groups (broad SMARTS) is 1. The van der Waals surface area contributed by atoms with Crippen LogP contribution < -0.4 is 15.0 Å². The maximum Gasteiger partial charge on any atom is 0.335 e. The van der Waals surface area contributed by atoms with Crippen LogP contribution in [0.1, 0.15) is 59.3 Å². The van der Waals surface area contributed by atoms with E-state index in [4.69, 9.17) is 19.6 Å². The average Bonchev–Trinajstić information content (AvgIpc) is 3.00. The Balaban J connectivity index is 1.51. The minimum Gasteiger partial charge on any atom is -0.494 e. The van der Waals surface area contributed by atoms with Crippen molar-refractivity contribution in [1.29, 1.82) is 0 Å². The van der Waals surface area contributed by atoms with Gasteiger partial charge in [0.15, 0.2) is 5.82 Å². The molecular weight excluding hydrogens is 542 g/mol. The third-order valence-corrected chi connectivity index (χ3v) is 7.06. The van der Waals surface area contributed by atoms with Crippen LogP contribution in [-0.2, 0) is 6.61 Å². The number of carbonyl (C=O) groups is 1. The molecule has 0 radical (unpaired) electrons. The fourth-order valence-corrected chi connectivity index (χ4v) is 4.80. The molecule has 0 saturated heterocycles. The molecule has 1 N–H and O–H groups in total. The Kier molecular flexibility index (Phi) is 8.66. The molecule has 0 aliphatic heterocycles. The smallest absolute Gasteiger partial charge is 0.335 e. The van der Waals surface area contributed by atoms with Crippen molar-refractivity contribution in [3.63, 3.8) is 0 Å². The lowest BCUT2D eigenvalue weighted by atomic mass is 9.96. The van der Waals surface area contributed by atoms with Crippen LogP contribution in [0, 0.1) is 6.92 Å². The van der Waals surface area contributed by atoms with Gasteiger partial charge in [-0.05, 0) is 90.6 Å². The summed E-state index contributed by atoms with van der Waals surface area (Å²) in [5.74, 6) is 1.11. The first-order chi connectivity index (χ1) is 20.7. The molecule has 8 nitrogen and oxygen atoms in total. The summed E-state index contributed by atoms with van der Waals surface area (Å²) < 4.78 is 13.2. The highest BCUT2D eigenvalue weighted by Crippen LogP contribution is 2.34. The van der Waals surface area contributed by atoms with Crippen LogP contribution >= 0.6 is 0 Å². The molecule has 5 aromatic rings. The molecule has 4 aromatic carbocycles. The molecule has 0 amide bonds. The second-order valence-electron chi connectivity index (χ2n) is 10.5. The van der Waals surface area contributed by atoms with Gasteiger partial charge in [-0.1, -0.05) is 50.2 Å². The van der Waals surface area contributed by atoms with E-state index in [1.807, 2.05) is 68.4 Å². The van der Waals surface area contributed by atoms with Crippen molar-refractivity contribution >= 4 is 23.1 Å². The van der Waals surface area contributed by atoms with E-state index in [-0.39, 0.29) is 23.6 Å². The fraction of sp³-hybridized carbons (Fsp3) is 0.200. The zero-order chi connectivity index (χ0) is 30.5. The lowest BCUT2D eigenvalue weighted by Crippen LogP contribution is -2.20. The van der Waals surface area contributed by atoms with Gasteiger partial charge in [-0.25, -0.2) is 9.78 Å². The number of carboxylic acids is 1. The lowest BCUT2D eigenvalue weighted by molar-refractivity contribution is 0.0697. The summed E-state index contributed by atoms with van der Waals surface area (Å²) >= 11 is 0. The summed E-state index contributed by atoms with van der Waals surface area (Å²) in [6, 6.07) is 25.2. The van der Waals surface area contributed by atoms with Crippen LogP contribution in [0.3, 0.4) is 0 Å². The molecule has 0 atom stereocenters. The van der Waals surface area contributed by atoms with Crippen molar-refractivity contribution in [2.45, 2.75) is 40.2 Å². The molecule has 218 valence electrons. The van der Waals surface area contributed by atoms with E-state index in [0.717, 1.165) is 33.6 Å². The Morgan fingerprint density at radius 1 is 1.00 bits per heavy atom. The van der Waals surface area contributed by atoms with E-state index < -0.39 is 5.97 Å². The molecule has 0 spiro atoms. The second-order valence-corrected chi connectivity index (χ2v) is 10.5. The van der Waals surface area contributed by atoms with Gasteiger partial charge in [0.1, 0.15) is 18.1 Å². The van der Waals surface area contributed by atoms with Crippen molar-refractivity contribution in [3.8, 4) is 22.9 Å². The Bertz CT molecular complexity index is 1870. The molecule has 0 unspecified atom stereocenters. The van der Waals surface area contributed by atoms with Crippen LogP contribution in [0.25, 0.3) is 22.3 Å². The summed E-state index contributed by atoms with van der Waals surface area (Å²) in [6.07, 6.45) is 1.61. The van der Waals surface area contributed by atoms with Gasteiger partial charge in [0.05, 0.1) is 29.3 Å². The van der Waals surface area contributed by atoms with E-state index in [2.05, 4.69) is 18.9 Å². The molecule has 0 bridgehead atoms. The zero-order valence-corrected chi connectivity index (χ0v) is 24.6. The Labute approximate surface area is 249 Å². The maximum atomic E-state index is 13.8. The molecule has 0 saturated carbocycles. The number of nitrogens with zero attached hydrogens (tertiary/aromatic N) is 3. The largest absolute Gasteiger partial charge is 0.494 e. The van der Waals surface area contributed by atoms with E-state index >= 15 is 0 Å². The van der Waals surface area contributed by atoms with Crippen molar-refractivity contribution < 1.29 is 19.4 Å². The molecule has 0 fully saturated rings. The third kappa shape index (κ3) is 6.48. The van der Waals surface area contributed by atoms with Crippen molar-refractivity contribution in [3.05, 3.63) is 123 Å². The number of hydrogen-bond acceptors (Lipinski definition) is 6. The fourth-order valence-electron chi connectivity index (χ4n) is 4.80.